The molecule has 0 saturated carbocycles. The molecule has 1 aromatic carbocycles. The predicted octanol–water partition coefficient (Wildman–Crippen LogP) is 2.03. The summed E-state index contributed by atoms with van der Waals surface area (Å²) in [6.45, 7) is 0. The number of amides is 1. The number of hydrogen-bond acceptors (Lipinski definition) is 3. The van der Waals surface area contributed by atoms with Crippen molar-refractivity contribution < 1.29 is 9.53 Å². The first-order chi connectivity index (χ1) is 8.24. The van der Waals surface area contributed by atoms with Crippen LogP contribution in [0.3, 0.4) is 0 Å². The minimum atomic E-state index is -0.336. The van der Waals surface area contributed by atoms with Gasteiger partial charge in [0.1, 0.15) is 12.2 Å². The van der Waals surface area contributed by atoms with Gasteiger partial charge < -0.3 is 15.0 Å². The number of fused-ring (bicyclic) bond motifs is 1. The fourth-order valence-electron chi connectivity index (χ4n) is 1.63. The van der Waals surface area contributed by atoms with Crippen LogP contribution in [0.5, 0.6) is 5.75 Å². The summed E-state index contributed by atoms with van der Waals surface area (Å²) < 4.78 is 5.14. The van der Waals surface area contributed by atoms with Crippen molar-refractivity contribution in [2.24, 2.45) is 0 Å². The fraction of sp³-hybridized carbons (Fsp3) is 0.167. The maximum absolute atomic E-state index is 11.4. The zero-order valence-corrected chi connectivity index (χ0v) is 9.28. The van der Waals surface area contributed by atoms with E-state index in [4.69, 9.17) is 10.00 Å². The van der Waals surface area contributed by atoms with Crippen LogP contribution in [0.1, 0.15) is 6.42 Å². The van der Waals surface area contributed by atoms with Crippen LogP contribution in [0.4, 0.5) is 5.69 Å². The van der Waals surface area contributed by atoms with E-state index in [-0.39, 0.29) is 12.3 Å². The van der Waals surface area contributed by atoms with Gasteiger partial charge in [-0.3, -0.25) is 4.79 Å². The Morgan fingerprint density at radius 2 is 2.41 bits per heavy atom. The number of nitrogens with zero attached hydrogens (tertiary/aromatic N) is 1. The monoisotopic (exact) mass is 229 g/mol. The summed E-state index contributed by atoms with van der Waals surface area (Å²) in [5.41, 5.74) is 1.43. The van der Waals surface area contributed by atoms with Gasteiger partial charge in [0.2, 0.25) is 5.91 Å². The van der Waals surface area contributed by atoms with E-state index in [1.807, 2.05) is 12.1 Å². The van der Waals surface area contributed by atoms with Gasteiger partial charge in [-0.25, -0.2) is 0 Å². The van der Waals surface area contributed by atoms with E-state index in [2.05, 4.69) is 10.3 Å². The molecule has 5 nitrogen and oxygen atoms in total. The lowest BCUT2D eigenvalue weighted by molar-refractivity contribution is -0.115. The van der Waals surface area contributed by atoms with Gasteiger partial charge in [0, 0.05) is 17.6 Å². The van der Waals surface area contributed by atoms with Crippen LogP contribution < -0.4 is 10.1 Å². The van der Waals surface area contributed by atoms with E-state index in [1.54, 1.807) is 25.4 Å². The SMILES string of the molecule is COc1cc(NC(=O)CC#N)c2[nH]ccc2c1. The first-order valence-electron chi connectivity index (χ1n) is 5.06. The maximum atomic E-state index is 11.4. The molecule has 0 aliphatic rings. The predicted molar refractivity (Wildman–Crippen MR) is 63.7 cm³/mol. The highest BCUT2D eigenvalue weighted by Gasteiger charge is 2.08. The van der Waals surface area contributed by atoms with Crippen molar-refractivity contribution in [2.75, 3.05) is 12.4 Å². The van der Waals surface area contributed by atoms with E-state index in [9.17, 15) is 4.79 Å². The smallest absolute Gasteiger partial charge is 0.238 e. The lowest BCUT2D eigenvalue weighted by Crippen LogP contribution is -2.10. The molecule has 0 radical (unpaired) electrons. The van der Waals surface area contributed by atoms with Crippen molar-refractivity contribution in [1.29, 1.82) is 5.26 Å². The summed E-state index contributed by atoms with van der Waals surface area (Å²) in [5, 5.41) is 12.1. The number of nitrogens with one attached hydrogen (secondary N) is 2. The van der Waals surface area contributed by atoms with Crippen molar-refractivity contribution in [1.82, 2.24) is 4.98 Å². The Kier molecular flexibility index (Phi) is 2.97. The number of carbonyl (C=O) groups is 1. The number of methoxy groups -OCH3 is 1. The summed E-state index contributed by atoms with van der Waals surface area (Å²) in [6, 6.07) is 7.27. The highest BCUT2D eigenvalue weighted by atomic mass is 16.5. The van der Waals surface area contributed by atoms with Gasteiger partial charge in [-0.15, -0.1) is 0 Å². The zero-order chi connectivity index (χ0) is 12.3. The largest absolute Gasteiger partial charge is 0.497 e. The van der Waals surface area contributed by atoms with Gasteiger partial charge in [-0.05, 0) is 12.1 Å². The van der Waals surface area contributed by atoms with Crippen LogP contribution in [0.25, 0.3) is 10.9 Å². The van der Waals surface area contributed by atoms with Gasteiger partial charge in [0.05, 0.1) is 24.4 Å². The quantitative estimate of drug-likeness (QED) is 0.845. The average molecular weight is 229 g/mol. The molecule has 1 amide bonds. The summed E-state index contributed by atoms with van der Waals surface area (Å²) in [5.74, 6) is 0.320. The van der Waals surface area contributed by atoms with Crippen molar-refractivity contribution >= 4 is 22.5 Å². The number of carbonyl (C=O) groups excluding carboxylic acids is 1. The highest BCUT2D eigenvalue weighted by Crippen LogP contribution is 2.28. The molecular weight excluding hydrogens is 218 g/mol. The van der Waals surface area contributed by atoms with Gasteiger partial charge in [-0.1, -0.05) is 0 Å². The first kappa shape index (κ1) is 11.0. The number of H-pyrrole nitrogens is 1. The minimum absolute atomic E-state index is 0.167. The molecule has 5 heteroatoms. The molecule has 1 heterocycles. The number of rotatable bonds is 3. The standard InChI is InChI=1S/C12H11N3O2/c1-17-9-6-8-3-5-14-12(8)10(7-9)15-11(16)2-4-13/h3,5-7,14H,2H2,1H3,(H,15,16). The minimum Gasteiger partial charge on any atom is -0.497 e. The number of nitriles is 1. The number of hydrogen-bond donors (Lipinski definition) is 2. The van der Waals surface area contributed by atoms with E-state index in [0.717, 1.165) is 10.9 Å². The normalized spacial score (nSPS) is 9.88. The maximum Gasteiger partial charge on any atom is 0.238 e. The third-order valence-electron chi connectivity index (χ3n) is 2.38. The number of anilines is 1. The van der Waals surface area contributed by atoms with E-state index in [1.165, 1.54) is 0 Å². The van der Waals surface area contributed by atoms with Crippen LogP contribution in [-0.4, -0.2) is 18.0 Å². The molecule has 2 aromatic rings. The van der Waals surface area contributed by atoms with Gasteiger partial charge >= 0.3 is 0 Å². The average Bonchev–Trinajstić information content (AvgIpc) is 2.77. The number of aromatic nitrogens is 1. The van der Waals surface area contributed by atoms with Crippen LogP contribution in [0.15, 0.2) is 24.4 Å². The van der Waals surface area contributed by atoms with Crippen molar-refractivity contribution in [3.05, 3.63) is 24.4 Å². The van der Waals surface area contributed by atoms with Gasteiger partial charge in [0.25, 0.3) is 0 Å². The lowest BCUT2D eigenvalue weighted by Gasteiger charge is -2.07. The Bertz CT molecular complexity index is 595. The molecule has 0 saturated heterocycles. The van der Waals surface area contributed by atoms with E-state index in [0.29, 0.717) is 11.4 Å². The summed E-state index contributed by atoms with van der Waals surface area (Å²) >= 11 is 0. The second-order valence-corrected chi connectivity index (χ2v) is 3.50. The third kappa shape index (κ3) is 2.21. The molecule has 86 valence electrons. The molecule has 0 unspecified atom stereocenters. The van der Waals surface area contributed by atoms with Crippen molar-refractivity contribution in [2.45, 2.75) is 6.42 Å². The lowest BCUT2D eigenvalue weighted by atomic mass is 10.2. The Morgan fingerprint density at radius 1 is 1.59 bits per heavy atom. The molecule has 2 N–H and O–H groups in total. The summed E-state index contributed by atoms with van der Waals surface area (Å²) in [4.78, 5) is 14.4. The molecule has 0 spiro atoms. The highest BCUT2D eigenvalue weighted by molar-refractivity contribution is 6.01. The van der Waals surface area contributed by atoms with Crippen LogP contribution in [0.2, 0.25) is 0 Å². The van der Waals surface area contributed by atoms with E-state index >= 15 is 0 Å². The Labute approximate surface area is 98.0 Å². The molecule has 0 aliphatic carbocycles. The summed E-state index contributed by atoms with van der Waals surface area (Å²) in [7, 11) is 1.56. The molecule has 0 fully saturated rings. The van der Waals surface area contributed by atoms with E-state index < -0.39 is 0 Å². The Hall–Kier alpha value is -2.48. The number of ether oxygens (including phenoxy) is 1. The zero-order valence-electron chi connectivity index (χ0n) is 9.28. The molecule has 1 aromatic heterocycles. The third-order valence-corrected chi connectivity index (χ3v) is 2.38. The van der Waals surface area contributed by atoms with Crippen molar-refractivity contribution in [3.63, 3.8) is 0 Å². The number of benzene rings is 1. The molecule has 17 heavy (non-hydrogen) atoms. The Morgan fingerprint density at radius 3 is 3.12 bits per heavy atom. The van der Waals surface area contributed by atoms with Crippen LogP contribution >= 0.6 is 0 Å². The summed E-state index contributed by atoms with van der Waals surface area (Å²) in [6.07, 6.45) is 1.61. The molecule has 2 rings (SSSR count). The van der Waals surface area contributed by atoms with Crippen LogP contribution in [0, 0.1) is 11.3 Å². The number of aromatic amines is 1. The van der Waals surface area contributed by atoms with Gasteiger partial charge in [0.15, 0.2) is 0 Å². The second kappa shape index (κ2) is 4.58. The van der Waals surface area contributed by atoms with Gasteiger partial charge in [-0.2, -0.15) is 5.26 Å². The second-order valence-electron chi connectivity index (χ2n) is 3.50. The molecular formula is C12H11N3O2. The Balaban J connectivity index is 2.41. The fourth-order valence-corrected chi connectivity index (χ4v) is 1.63. The van der Waals surface area contributed by atoms with Crippen molar-refractivity contribution in [3.8, 4) is 11.8 Å². The molecule has 0 aliphatic heterocycles. The van der Waals surface area contributed by atoms with Crippen LogP contribution in [-0.2, 0) is 4.79 Å². The topological polar surface area (TPSA) is 77.9 Å². The molecule has 0 atom stereocenters. The molecule has 0 bridgehead atoms. The first-order valence-corrected chi connectivity index (χ1v) is 5.06.